The first-order chi connectivity index (χ1) is 6.33. The number of aliphatic hydroxyl groups excluding tert-OH is 1. The van der Waals surface area contributed by atoms with Crippen LogP contribution in [0.4, 0.5) is 0 Å². The van der Waals surface area contributed by atoms with Crippen LogP contribution in [0, 0.1) is 23.2 Å². The number of rotatable bonds is 3. The molecule has 2 rings (SSSR count). The molecule has 4 atom stereocenters. The van der Waals surface area contributed by atoms with E-state index in [1.54, 1.807) is 0 Å². The van der Waals surface area contributed by atoms with Gasteiger partial charge >= 0.3 is 0 Å². The van der Waals surface area contributed by atoms with Crippen molar-refractivity contribution in [2.75, 3.05) is 6.61 Å². The van der Waals surface area contributed by atoms with E-state index in [4.69, 9.17) is 10.4 Å². The quantitative estimate of drug-likeness (QED) is 0.670. The normalized spacial score (nSPS) is 43.1. The summed E-state index contributed by atoms with van der Waals surface area (Å²) in [7, 11) is 0. The van der Waals surface area contributed by atoms with Crippen molar-refractivity contribution in [1.82, 2.24) is 5.32 Å². The number of hydrogen-bond donors (Lipinski definition) is 2. The highest BCUT2D eigenvalue weighted by Crippen LogP contribution is 2.33. The summed E-state index contributed by atoms with van der Waals surface area (Å²) >= 11 is 0. The lowest BCUT2D eigenvalue weighted by atomic mass is 10.1. The van der Waals surface area contributed by atoms with Gasteiger partial charge in [0.05, 0.1) is 6.07 Å². The Morgan fingerprint density at radius 1 is 1.38 bits per heavy atom. The Balaban J connectivity index is 1.70. The molecule has 3 nitrogen and oxygen atoms in total. The van der Waals surface area contributed by atoms with Gasteiger partial charge in [-0.2, -0.15) is 5.26 Å². The molecule has 0 aromatic rings. The molecule has 2 saturated carbocycles. The lowest BCUT2D eigenvalue weighted by molar-refractivity contribution is 0.269. The van der Waals surface area contributed by atoms with Gasteiger partial charge in [0.15, 0.2) is 0 Å². The van der Waals surface area contributed by atoms with Gasteiger partial charge in [-0.05, 0) is 31.6 Å². The highest BCUT2D eigenvalue weighted by atomic mass is 16.3. The number of aliphatic hydroxyl groups is 1. The number of nitrogens with zero attached hydrogens (tertiary/aromatic N) is 1. The first kappa shape index (κ1) is 8.98. The molecule has 2 aliphatic rings. The van der Waals surface area contributed by atoms with Crippen LogP contribution in [0.2, 0.25) is 0 Å². The number of nitrogens with one attached hydrogen (secondary N) is 1. The van der Waals surface area contributed by atoms with Crippen LogP contribution in [0.1, 0.15) is 25.7 Å². The molecule has 0 aromatic heterocycles. The molecular formula is C10H16N2O. The predicted molar refractivity (Wildman–Crippen MR) is 48.9 cm³/mol. The third-order valence-corrected chi connectivity index (χ3v) is 3.22. The molecule has 0 bridgehead atoms. The largest absolute Gasteiger partial charge is 0.396 e. The van der Waals surface area contributed by atoms with Crippen molar-refractivity contribution >= 4 is 0 Å². The zero-order chi connectivity index (χ0) is 9.26. The summed E-state index contributed by atoms with van der Waals surface area (Å²) < 4.78 is 0. The fraction of sp³-hybridized carbons (Fsp3) is 0.900. The van der Waals surface area contributed by atoms with Crippen LogP contribution >= 0.6 is 0 Å². The standard InChI is InChI=1S/C10H16N2O/c11-5-7-1-2-9(3-7)12-10-4-8(10)6-13/h7-10,12-13H,1-4,6H2. The van der Waals surface area contributed by atoms with Crippen LogP contribution in [0.15, 0.2) is 0 Å². The molecule has 2 fully saturated rings. The van der Waals surface area contributed by atoms with Crippen molar-refractivity contribution < 1.29 is 5.11 Å². The molecule has 0 heterocycles. The van der Waals surface area contributed by atoms with E-state index in [0.29, 0.717) is 24.6 Å². The fourth-order valence-electron chi connectivity index (χ4n) is 2.21. The molecule has 0 amide bonds. The molecule has 0 spiro atoms. The maximum atomic E-state index is 8.86. The Morgan fingerprint density at radius 3 is 2.77 bits per heavy atom. The minimum atomic E-state index is 0.267. The highest BCUT2D eigenvalue weighted by molar-refractivity contribution is 4.99. The third kappa shape index (κ3) is 2.01. The summed E-state index contributed by atoms with van der Waals surface area (Å²) in [5.41, 5.74) is 0. The highest BCUT2D eigenvalue weighted by Gasteiger charge is 2.38. The maximum absolute atomic E-state index is 8.86. The summed E-state index contributed by atoms with van der Waals surface area (Å²) in [6.07, 6.45) is 4.30. The van der Waals surface area contributed by atoms with Crippen molar-refractivity contribution in [1.29, 1.82) is 5.26 Å². The average Bonchev–Trinajstić information content (AvgIpc) is 2.73. The Labute approximate surface area is 78.7 Å². The van der Waals surface area contributed by atoms with Gasteiger partial charge < -0.3 is 10.4 Å². The van der Waals surface area contributed by atoms with Gasteiger partial charge in [0, 0.05) is 24.6 Å². The smallest absolute Gasteiger partial charge is 0.0656 e. The summed E-state index contributed by atoms with van der Waals surface area (Å²) in [5, 5.41) is 21.1. The Kier molecular flexibility index (Phi) is 2.52. The van der Waals surface area contributed by atoms with E-state index in [1.165, 1.54) is 0 Å². The second-order valence-electron chi connectivity index (χ2n) is 4.29. The molecule has 13 heavy (non-hydrogen) atoms. The average molecular weight is 180 g/mol. The van der Waals surface area contributed by atoms with Gasteiger partial charge in [0.2, 0.25) is 0 Å². The summed E-state index contributed by atoms with van der Waals surface area (Å²) in [5.74, 6) is 0.755. The number of hydrogen-bond acceptors (Lipinski definition) is 3. The lowest BCUT2D eigenvalue weighted by Gasteiger charge is -2.10. The van der Waals surface area contributed by atoms with Crippen molar-refractivity contribution in [3.8, 4) is 6.07 Å². The topological polar surface area (TPSA) is 56.0 Å². The van der Waals surface area contributed by atoms with Gasteiger partial charge in [0.25, 0.3) is 0 Å². The fourth-order valence-corrected chi connectivity index (χ4v) is 2.21. The van der Waals surface area contributed by atoms with Crippen molar-refractivity contribution in [2.45, 2.75) is 37.8 Å². The maximum Gasteiger partial charge on any atom is 0.0656 e. The van der Waals surface area contributed by atoms with Crippen LogP contribution in [-0.2, 0) is 0 Å². The minimum absolute atomic E-state index is 0.267. The monoisotopic (exact) mass is 180 g/mol. The Morgan fingerprint density at radius 2 is 2.23 bits per heavy atom. The SMILES string of the molecule is N#CC1CCC(NC2CC2CO)C1. The molecule has 4 unspecified atom stereocenters. The molecule has 0 saturated heterocycles. The molecule has 72 valence electrons. The van der Waals surface area contributed by atoms with E-state index < -0.39 is 0 Å². The first-order valence-electron chi connectivity index (χ1n) is 5.10. The second kappa shape index (κ2) is 3.65. The first-order valence-corrected chi connectivity index (χ1v) is 5.10. The van der Waals surface area contributed by atoms with Crippen LogP contribution in [0.3, 0.4) is 0 Å². The van der Waals surface area contributed by atoms with Crippen LogP contribution < -0.4 is 5.32 Å². The van der Waals surface area contributed by atoms with E-state index in [9.17, 15) is 0 Å². The minimum Gasteiger partial charge on any atom is -0.396 e. The van der Waals surface area contributed by atoms with Crippen LogP contribution in [0.25, 0.3) is 0 Å². The van der Waals surface area contributed by atoms with Crippen molar-refractivity contribution in [3.05, 3.63) is 0 Å². The van der Waals surface area contributed by atoms with Gasteiger partial charge in [-0.15, -0.1) is 0 Å². The molecule has 3 heteroatoms. The Hall–Kier alpha value is -0.590. The molecule has 0 aromatic carbocycles. The Bertz CT molecular complexity index is 223. The number of nitriles is 1. The van der Waals surface area contributed by atoms with Crippen molar-refractivity contribution in [3.63, 3.8) is 0 Å². The molecule has 0 radical (unpaired) electrons. The van der Waals surface area contributed by atoms with E-state index in [-0.39, 0.29) is 5.92 Å². The third-order valence-electron chi connectivity index (χ3n) is 3.22. The lowest BCUT2D eigenvalue weighted by Crippen LogP contribution is -2.30. The molecule has 0 aliphatic heterocycles. The summed E-state index contributed by atoms with van der Waals surface area (Å²) in [6.45, 7) is 0.312. The molecular weight excluding hydrogens is 164 g/mol. The van der Waals surface area contributed by atoms with Gasteiger partial charge in [-0.25, -0.2) is 0 Å². The van der Waals surface area contributed by atoms with Gasteiger partial charge in [-0.3, -0.25) is 0 Å². The molecule has 2 N–H and O–H groups in total. The second-order valence-corrected chi connectivity index (χ2v) is 4.29. The van der Waals surface area contributed by atoms with Gasteiger partial charge in [-0.1, -0.05) is 0 Å². The zero-order valence-corrected chi connectivity index (χ0v) is 7.74. The van der Waals surface area contributed by atoms with Crippen LogP contribution in [0.5, 0.6) is 0 Å². The predicted octanol–water partition coefficient (Wildman–Crippen LogP) is 0.649. The summed E-state index contributed by atoms with van der Waals surface area (Å²) in [6, 6.07) is 3.39. The van der Waals surface area contributed by atoms with E-state index in [1.807, 2.05) is 0 Å². The van der Waals surface area contributed by atoms with Crippen molar-refractivity contribution in [2.24, 2.45) is 11.8 Å². The van der Waals surface area contributed by atoms with Crippen LogP contribution in [-0.4, -0.2) is 23.8 Å². The van der Waals surface area contributed by atoms with E-state index >= 15 is 0 Å². The van der Waals surface area contributed by atoms with Gasteiger partial charge in [0.1, 0.15) is 0 Å². The zero-order valence-electron chi connectivity index (χ0n) is 7.74. The van der Waals surface area contributed by atoms with E-state index in [0.717, 1.165) is 25.7 Å². The molecule has 2 aliphatic carbocycles. The summed E-state index contributed by atoms with van der Waals surface area (Å²) in [4.78, 5) is 0. The van der Waals surface area contributed by atoms with E-state index in [2.05, 4.69) is 11.4 Å².